The Morgan fingerprint density at radius 3 is 2.46 bits per heavy atom. The van der Waals surface area contributed by atoms with E-state index in [1.165, 1.54) is 18.3 Å². The molecule has 1 N–H and O–H groups in total. The fourth-order valence-electron chi connectivity index (χ4n) is 2.94. The first kappa shape index (κ1) is 19.1. The summed E-state index contributed by atoms with van der Waals surface area (Å²) in [5, 5.41) is 14.9. The van der Waals surface area contributed by atoms with Gasteiger partial charge >= 0.3 is 0 Å². The first-order valence-electron chi connectivity index (χ1n) is 8.73. The van der Waals surface area contributed by atoms with E-state index in [0.29, 0.717) is 5.82 Å². The number of rotatable bonds is 6. The van der Waals surface area contributed by atoms with Crippen molar-refractivity contribution < 1.29 is 4.92 Å². The van der Waals surface area contributed by atoms with Gasteiger partial charge in [0.05, 0.1) is 11.1 Å². The Kier molecular flexibility index (Phi) is 5.39. The molecule has 0 aliphatic carbocycles. The van der Waals surface area contributed by atoms with Crippen molar-refractivity contribution in [2.45, 2.75) is 13.8 Å². The number of nitrogens with zero attached hydrogens (tertiary/aromatic N) is 5. The standard InChI is InChI=1S/C20H22N6O2/c1-14-11-16(12-22-23-20-10-9-19(13-21-20)26(27)28)15(2)25(14)18-7-5-17(6-8-18)24(3)4/h5-13H,1-4H3,(H,21,23)/b22-12+. The van der Waals surface area contributed by atoms with Crippen LogP contribution in [0, 0.1) is 24.0 Å². The molecule has 0 aliphatic heterocycles. The van der Waals surface area contributed by atoms with Crippen molar-refractivity contribution in [2.75, 3.05) is 24.4 Å². The molecule has 0 radical (unpaired) electrons. The van der Waals surface area contributed by atoms with E-state index < -0.39 is 4.92 Å². The number of aryl methyl sites for hydroxylation is 1. The van der Waals surface area contributed by atoms with Crippen molar-refractivity contribution in [1.82, 2.24) is 9.55 Å². The van der Waals surface area contributed by atoms with E-state index in [-0.39, 0.29) is 5.69 Å². The molecule has 0 bridgehead atoms. The van der Waals surface area contributed by atoms with Crippen LogP contribution in [0.5, 0.6) is 0 Å². The largest absolute Gasteiger partial charge is 0.378 e. The molecule has 28 heavy (non-hydrogen) atoms. The first-order chi connectivity index (χ1) is 13.4. The highest BCUT2D eigenvalue weighted by Crippen LogP contribution is 2.22. The average molecular weight is 378 g/mol. The number of hydrogen-bond donors (Lipinski definition) is 1. The van der Waals surface area contributed by atoms with E-state index in [1.807, 2.05) is 21.0 Å². The number of aromatic nitrogens is 2. The third-order valence-electron chi connectivity index (χ3n) is 4.44. The zero-order valence-electron chi connectivity index (χ0n) is 16.2. The Morgan fingerprint density at radius 1 is 1.18 bits per heavy atom. The molecule has 0 atom stereocenters. The second kappa shape index (κ2) is 7.91. The summed E-state index contributed by atoms with van der Waals surface area (Å²) in [5.41, 5.74) is 8.12. The molecule has 8 nitrogen and oxygen atoms in total. The van der Waals surface area contributed by atoms with Crippen LogP contribution >= 0.6 is 0 Å². The molecule has 0 saturated carbocycles. The first-order valence-corrected chi connectivity index (χ1v) is 8.73. The maximum atomic E-state index is 10.7. The number of pyridine rings is 1. The number of hydrazone groups is 1. The van der Waals surface area contributed by atoms with Gasteiger partial charge in [-0.3, -0.25) is 15.5 Å². The summed E-state index contributed by atoms with van der Waals surface area (Å²) in [6, 6.07) is 13.3. The van der Waals surface area contributed by atoms with Crippen LogP contribution in [0.25, 0.3) is 5.69 Å². The van der Waals surface area contributed by atoms with Crippen LogP contribution in [0.3, 0.4) is 0 Å². The lowest BCUT2D eigenvalue weighted by Gasteiger charge is -2.14. The van der Waals surface area contributed by atoms with Gasteiger partial charge < -0.3 is 9.47 Å². The second-order valence-corrected chi connectivity index (χ2v) is 6.60. The lowest BCUT2D eigenvalue weighted by molar-refractivity contribution is -0.385. The molecule has 0 spiro atoms. The molecule has 0 fully saturated rings. The minimum atomic E-state index is -0.486. The lowest BCUT2D eigenvalue weighted by atomic mass is 10.2. The van der Waals surface area contributed by atoms with Crippen molar-refractivity contribution in [3.63, 3.8) is 0 Å². The SMILES string of the molecule is Cc1cc(/C=N/Nc2ccc([N+](=O)[O-])cn2)c(C)n1-c1ccc(N(C)C)cc1. The van der Waals surface area contributed by atoms with Gasteiger partial charge in [0.25, 0.3) is 5.69 Å². The number of nitrogens with one attached hydrogen (secondary N) is 1. The molecule has 0 unspecified atom stereocenters. The van der Waals surface area contributed by atoms with E-state index >= 15 is 0 Å². The molecule has 0 aliphatic rings. The van der Waals surface area contributed by atoms with Crippen LogP contribution in [0.15, 0.2) is 53.8 Å². The highest BCUT2D eigenvalue weighted by atomic mass is 16.6. The molecule has 2 aromatic heterocycles. The number of hydrogen-bond acceptors (Lipinski definition) is 6. The normalized spacial score (nSPS) is 11.0. The Bertz CT molecular complexity index is 1000. The summed E-state index contributed by atoms with van der Waals surface area (Å²) in [4.78, 5) is 16.2. The third kappa shape index (κ3) is 4.01. The van der Waals surface area contributed by atoms with Crippen LogP contribution in [0.1, 0.15) is 17.0 Å². The van der Waals surface area contributed by atoms with Crippen molar-refractivity contribution >= 4 is 23.4 Å². The maximum absolute atomic E-state index is 10.7. The van der Waals surface area contributed by atoms with Gasteiger partial charge in [-0.1, -0.05) is 0 Å². The summed E-state index contributed by atoms with van der Waals surface area (Å²) in [6.07, 6.45) is 2.91. The van der Waals surface area contributed by atoms with Gasteiger partial charge in [-0.05, 0) is 50.2 Å². The van der Waals surface area contributed by atoms with Gasteiger partial charge in [0, 0.05) is 48.5 Å². The van der Waals surface area contributed by atoms with Crippen molar-refractivity contribution in [2.24, 2.45) is 5.10 Å². The van der Waals surface area contributed by atoms with Crippen molar-refractivity contribution in [3.8, 4) is 5.69 Å². The zero-order valence-corrected chi connectivity index (χ0v) is 16.2. The molecular formula is C20H22N6O2. The highest BCUT2D eigenvalue weighted by Gasteiger charge is 2.10. The number of nitro groups is 1. The molecule has 144 valence electrons. The highest BCUT2D eigenvalue weighted by molar-refractivity contribution is 5.82. The smallest absolute Gasteiger partial charge is 0.287 e. The van der Waals surface area contributed by atoms with Gasteiger partial charge in [0.15, 0.2) is 0 Å². The van der Waals surface area contributed by atoms with Crippen LogP contribution in [0.4, 0.5) is 17.2 Å². The van der Waals surface area contributed by atoms with E-state index in [9.17, 15) is 10.1 Å². The minimum Gasteiger partial charge on any atom is -0.378 e. The van der Waals surface area contributed by atoms with E-state index in [1.54, 1.807) is 6.21 Å². The minimum absolute atomic E-state index is 0.0571. The van der Waals surface area contributed by atoms with Crippen LogP contribution in [-0.4, -0.2) is 34.8 Å². The monoisotopic (exact) mass is 378 g/mol. The summed E-state index contributed by atoms with van der Waals surface area (Å²) >= 11 is 0. The summed E-state index contributed by atoms with van der Waals surface area (Å²) in [5.74, 6) is 0.440. The van der Waals surface area contributed by atoms with E-state index in [4.69, 9.17) is 0 Å². The van der Waals surface area contributed by atoms with E-state index in [0.717, 1.165) is 28.3 Å². The van der Waals surface area contributed by atoms with Crippen molar-refractivity contribution in [1.29, 1.82) is 0 Å². The lowest BCUT2D eigenvalue weighted by Crippen LogP contribution is -2.08. The second-order valence-electron chi connectivity index (χ2n) is 6.60. The fourth-order valence-corrected chi connectivity index (χ4v) is 2.94. The molecular weight excluding hydrogens is 356 g/mol. The molecule has 0 saturated heterocycles. The summed E-state index contributed by atoms with van der Waals surface area (Å²) < 4.78 is 2.17. The summed E-state index contributed by atoms with van der Waals surface area (Å²) in [7, 11) is 4.03. The van der Waals surface area contributed by atoms with Crippen LogP contribution in [-0.2, 0) is 0 Å². The van der Waals surface area contributed by atoms with Gasteiger partial charge in [-0.15, -0.1) is 0 Å². The molecule has 1 aromatic carbocycles. The zero-order chi connectivity index (χ0) is 20.3. The number of anilines is 2. The Hall–Kier alpha value is -3.68. The predicted molar refractivity (Wildman–Crippen MR) is 112 cm³/mol. The molecule has 8 heteroatoms. The summed E-state index contributed by atoms with van der Waals surface area (Å²) in [6.45, 7) is 4.09. The Morgan fingerprint density at radius 2 is 1.89 bits per heavy atom. The van der Waals surface area contributed by atoms with Gasteiger partial charge in [0.1, 0.15) is 12.0 Å². The molecule has 3 aromatic rings. The molecule has 2 heterocycles. The van der Waals surface area contributed by atoms with Gasteiger partial charge in [-0.25, -0.2) is 4.98 Å². The molecule has 0 amide bonds. The predicted octanol–water partition coefficient (Wildman–Crippen LogP) is 3.91. The Labute approximate surface area is 163 Å². The van der Waals surface area contributed by atoms with Gasteiger partial charge in [-0.2, -0.15) is 5.10 Å². The quantitative estimate of drug-likeness (QED) is 0.399. The topological polar surface area (TPSA) is 88.6 Å². The van der Waals surface area contributed by atoms with Crippen molar-refractivity contribution in [3.05, 3.63) is 75.7 Å². The van der Waals surface area contributed by atoms with Gasteiger partial charge in [0.2, 0.25) is 0 Å². The van der Waals surface area contributed by atoms with E-state index in [2.05, 4.69) is 62.2 Å². The molecule has 3 rings (SSSR count). The average Bonchev–Trinajstić information content (AvgIpc) is 2.95. The van der Waals surface area contributed by atoms with Crippen LogP contribution in [0.2, 0.25) is 0 Å². The fraction of sp³-hybridized carbons (Fsp3) is 0.200. The van der Waals surface area contributed by atoms with Crippen LogP contribution < -0.4 is 10.3 Å². The maximum Gasteiger partial charge on any atom is 0.287 e. The number of benzene rings is 1. The third-order valence-corrected chi connectivity index (χ3v) is 4.44. The Balaban J connectivity index is 1.77.